The highest BCUT2D eigenvalue weighted by molar-refractivity contribution is 5.79. The lowest BCUT2D eigenvalue weighted by atomic mass is 10.00. The van der Waals surface area contributed by atoms with Crippen molar-refractivity contribution in [1.29, 1.82) is 0 Å². The van der Waals surface area contributed by atoms with E-state index in [-0.39, 0.29) is 30.0 Å². The Kier molecular flexibility index (Phi) is 5.38. The first-order chi connectivity index (χ1) is 14.2. The lowest BCUT2D eigenvalue weighted by molar-refractivity contribution is -0.00706. The van der Waals surface area contributed by atoms with Crippen LogP contribution in [0.3, 0.4) is 0 Å². The van der Waals surface area contributed by atoms with Crippen molar-refractivity contribution in [2.24, 2.45) is 0 Å². The summed E-state index contributed by atoms with van der Waals surface area (Å²) in [6.45, 7) is 7.89. The highest BCUT2D eigenvalue weighted by atomic mass is 16.6. The van der Waals surface area contributed by atoms with Gasteiger partial charge in [-0.05, 0) is 58.7 Å². The van der Waals surface area contributed by atoms with E-state index < -0.39 is 11.2 Å². The maximum atomic E-state index is 12.6. The van der Waals surface area contributed by atoms with Crippen LogP contribution in [0.25, 0.3) is 11.0 Å². The maximum absolute atomic E-state index is 12.6. The van der Waals surface area contributed by atoms with Crippen molar-refractivity contribution in [3.8, 4) is 11.5 Å². The number of nitrogens with zero attached hydrogens (tertiary/aromatic N) is 1. The predicted octanol–water partition coefficient (Wildman–Crippen LogP) is 4.50. The van der Waals surface area contributed by atoms with Gasteiger partial charge in [0.1, 0.15) is 23.0 Å². The summed E-state index contributed by atoms with van der Waals surface area (Å²) in [6.07, 6.45) is 3.24. The monoisotopic (exact) mass is 415 g/mol. The van der Waals surface area contributed by atoms with E-state index in [1.54, 1.807) is 12.1 Å². The molecule has 162 valence electrons. The summed E-state index contributed by atoms with van der Waals surface area (Å²) < 4.78 is 22.5. The number of amides is 1. The van der Waals surface area contributed by atoms with Crippen LogP contribution in [0.4, 0.5) is 4.79 Å². The summed E-state index contributed by atoms with van der Waals surface area (Å²) in [5.74, 6) is 0.870. The summed E-state index contributed by atoms with van der Waals surface area (Å²) in [5.41, 5.74) is -0.527. The minimum absolute atomic E-state index is 0.00746. The van der Waals surface area contributed by atoms with Gasteiger partial charge >= 0.3 is 11.7 Å². The Morgan fingerprint density at radius 3 is 2.50 bits per heavy atom. The molecule has 2 aromatic rings. The Morgan fingerprint density at radius 2 is 1.87 bits per heavy atom. The third kappa shape index (κ3) is 4.25. The summed E-state index contributed by atoms with van der Waals surface area (Å²) in [6, 6.07) is 7.44. The Hall–Kier alpha value is -2.70. The van der Waals surface area contributed by atoms with E-state index in [1.807, 2.05) is 44.7 Å². The van der Waals surface area contributed by atoms with Crippen LogP contribution < -0.4 is 15.1 Å². The van der Waals surface area contributed by atoms with Gasteiger partial charge in [0, 0.05) is 36.4 Å². The van der Waals surface area contributed by atoms with E-state index in [2.05, 4.69) is 0 Å². The molecule has 2 fully saturated rings. The first-order valence-electron chi connectivity index (χ1n) is 10.6. The number of carbonyl (C=O) groups excluding carboxylic acids is 1. The highest BCUT2D eigenvalue weighted by Crippen LogP contribution is 2.38. The fourth-order valence-corrected chi connectivity index (χ4v) is 4.43. The molecule has 1 aromatic carbocycles. The van der Waals surface area contributed by atoms with E-state index in [0.29, 0.717) is 17.9 Å². The van der Waals surface area contributed by atoms with Crippen molar-refractivity contribution in [3.63, 3.8) is 0 Å². The van der Waals surface area contributed by atoms with Crippen LogP contribution in [0.2, 0.25) is 0 Å². The maximum Gasteiger partial charge on any atom is 0.410 e. The summed E-state index contributed by atoms with van der Waals surface area (Å²) in [5, 5.41) is 0.783. The average molecular weight is 415 g/mol. The Labute approximate surface area is 175 Å². The molecule has 0 saturated carbocycles. The summed E-state index contributed by atoms with van der Waals surface area (Å²) >= 11 is 0. The van der Waals surface area contributed by atoms with Gasteiger partial charge in [-0.1, -0.05) is 0 Å². The van der Waals surface area contributed by atoms with Crippen LogP contribution in [-0.4, -0.2) is 41.4 Å². The quantitative estimate of drug-likeness (QED) is 0.684. The molecular formula is C23H29NO6. The van der Waals surface area contributed by atoms with Gasteiger partial charge in [-0.3, -0.25) is 0 Å². The number of fused-ring (bicyclic) bond motifs is 3. The average Bonchev–Trinajstić information content (AvgIpc) is 2.92. The Morgan fingerprint density at radius 1 is 1.17 bits per heavy atom. The predicted molar refractivity (Wildman–Crippen MR) is 112 cm³/mol. The zero-order chi connectivity index (χ0) is 21.5. The van der Waals surface area contributed by atoms with E-state index in [0.717, 1.165) is 31.1 Å². The molecule has 2 aliphatic rings. The van der Waals surface area contributed by atoms with Crippen molar-refractivity contribution < 1.29 is 23.4 Å². The number of benzene rings is 1. The summed E-state index contributed by atoms with van der Waals surface area (Å²) in [7, 11) is 0. The minimum Gasteiger partial charge on any atom is -0.490 e. The number of ether oxygens (including phenoxy) is 3. The molecule has 7 heteroatoms. The van der Waals surface area contributed by atoms with Crippen LogP contribution in [0.5, 0.6) is 11.5 Å². The number of hydrogen-bond acceptors (Lipinski definition) is 6. The second kappa shape index (κ2) is 7.85. The second-order valence-electron chi connectivity index (χ2n) is 9.01. The Balaban J connectivity index is 1.46. The minimum atomic E-state index is -0.499. The first-order valence-corrected chi connectivity index (χ1v) is 10.6. The fraction of sp³-hybridized carbons (Fsp3) is 0.565. The van der Waals surface area contributed by atoms with E-state index >= 15 is 0 Å². The molecule has 30 heavy (non-hydrogen) atoms. The van der Waals surface area contributed by atoms with Gasteiger partial charge in [0.15, 0.2) is 0 Å². The molecular weight excluding hydrogens is 386 g/mol. The van der Waals surface area contributed by atoms with Gasteiger partial charge in [0.25, 0.3) is 0 Å². The van der Waals surface area contributed by atoms with Gasteiger partial charge in [-0.15, -0.1) is 0 Å². The Bertz CT molecular complexity index is 977. The molecule has 0 aliphatic carbocycles. The van der Waals surface area contributed by atoms with Gasteiger partial charge in [-0.2, -0.15) is 0 Å². The van der Waals surface area contributed by atoms with Crippen LogP contribution in [0, 0.1) is 0 Å². The number of hydrogen-bond donors (Lipinski definition) is 0. The molecule has 1 amide bonds. The largest absolute Gasteiger partial charge is 0.490 e. The zero-order valence-electron chi connectivity index (χ0n) is 18.0. The van der Waals surface area contributed by atoms with Crippen molar-refractivity contribution >= 4 is 17.1 Å². The molecule has 0 N–H and O–H groups in total. The third-order valence-corrected chi connectivity index (χ3v) is 5.57. The SMILES string of the molecule is CCOc1cc2ccc(OC3CC4CCC(C3)N4C(=O)OC(C)(C)C)cc2oc1=O. The van der Waals surface area contributed by atoms with Crippen molar-refractivity contribution in [2.45, 2.75) is 77.2 Å². The van der Waals surface area contributed by atoms with Gasteiger partial charge in [0.05, 0.1) is 6.61 Å². The van der Waals surface area contributed by atoms with Crippen LogP contribution >= 0.6 is 0 Å². The molecule has 2 saturated heterocycles. The topological polar surface area (TPSA) is 78.2 Å². The highest BCUT2D eigenvalue weighted by Gasteiger charge is 2.45. The van der Waals surface area contributed by atoms with Crippen LogP contribution in [0.15, 0.2) is 33.5 Å². The lowest BCUT2D eigenvalue weighted by Crippen LogP contribution is -2.50. The van der Waals surface area contributed by atoms with Crippen LogP contribution in [0.1, 0.15) is 53.4 Å². The molecule has 2 aliphatic heterocycles. The normalized spacial score (nSPS) is 23.5. The second-order valence-corrected chi connectivity index (χ2v) is 9.01. The zero-order valence-corrected chi connectivity index (χ0v) is 18.0. The fourth-order valence-electron chi connectivity index (χ4n) is 4.43. The van der Waals surface area contributed by atoms with Gasteiger partial charge < -0.3 is 23.5 Å². The molecule has 1 aromatic heterocycles. The molecule has 0 spiro atoms. The number of rotatable bonds is 4. The number of piperidine rings is 1. The third-order valence-electron chi connectivity index (χ3n) is 5.57. The molecule has 2 unspecified atom stereocenters. The molecule has 3 heterocycles. The summed E-state index contributed by atoms with van der Waals surface area (Å²) in [4.78, 5) is 26.5. The first kappa shape index (κ1) is 20.6. The standard InChI is InChI=1S/C23H29NO6/c1-5-27-20-10-14-6-9-17(13-19(14)29-21(20)25)28-18-11-15-7-8-16(12-18)24(15)22(26)30-23(2,3)4/h6,9-10,13,15-16,18H,5,7-8,11-12H2,1-4H3. The molecule has 4 rings (SSSR count). The van der Waals surface area contributed by atoms with E-state index in [4.69, 9.17) is 18.6 Å². The van der Waals surface area contributed by atoms with Gasteiger partial charge in [0.2, 0.25) is 5.75 Å². The van der Waals surface area contributed by atoms with Crippen molar-refractivity contribution in [2.75, 3.05) is 6.61 Å². The molecule has 0 radical (unpaired) electrons. The van der Waals surface area contributed by atoms with E-state index in [9.17, 15) is 9.59 Å². The molecule has 7 nitrogen and oxygen atoms in total. The van der Waals surface area contributed by atoms with Crippen LogP contribution in [-0.2, 0) is 4.74 Å². The number of carbonyl (C=O) groups is 1. The smallest absolute Gasteiger partial charge is 0.410 e. The van der Waals surface area contributed by atoms with Crippen molar-refractivity contribution in [3.05, 3.63) is 34.7 Å². The van der Waals surface area contributed by atoms with Crippen molar-refractivity contribution in [1.82, 2.24) is 4.90 Å². The molecule has 2 atom stereocenters. The van der Waals surface area contributed by atoms with Gasteiger partial charge in [-0.25, -0.2) is 9.59 Å². The lowest BCUT2D eigenvalue weighted by Gasteiger charge is -2.39. The van der Waals surface area contributed by atoms with E-state index in [1.165, 1.54) is 0 Å². The molecule has 2 bridgehead atoms.